The maximum absolute atomic E-state index is 15.0. The quantitative estimate of drug-likeness (QED) is 0.372. The Balaban J connectivity index is 1.41. The maximum Gasteiger partial charge on any atom is 0.266 e. The number of anilines is 2. The van der Waals surface area contributed by atoms with E-state index in [0.717, 1.165) is 11.1 Å². The van der Waals surface area contributed by atoms with Gasteiger partial charge in [-0.15, -0.1) is 0 Å². The molecular formula is C29H21FN2O3. The van der Waals surface area contributed by atoms with Gasteiger partial charge in [0.05, 0.1) is 17.4 Å². The molecular weight excluding hydrogens is 443 g/mol. The summed E-state index contributed by atoms with van der Waals surface area (Å²) in [6.45, 7) is 0. The molecule has 2 aliphatic heterocycles. The van der Waals surface area contributed by atoms with Gasteiger partial charge in [0.25, 0.3) is 5.91 Å². The molecule has 5 nitrogen and oxygen atoms in total. The number of carbonyl (C=O) groups is 2. The average Bonchev–Trinajstić information content (AvgIpc) is 3.41. The van der Waals surface area contributed by atoms with Gasteiger partial charge in [-0.1, -0.05) is 78.9 Å². The lowest BCUT2D eigenvalue weighted by molar-refractivity contribution is -0.126. The minimum atomic E-state index is -1.05. The summed E-state index contributed by atoms with van der Waals surface area (Å²) in [5, 5.41) is 1.50. The molecule has 0 N–H and O–H groups in total. The summed E-state index contributed by atoms with van der Waals surface area (Å²) in [5.41, 5.74) is 3.29. The molecule has 0 spiro atoms. The summed E-state index contributed by atoms with van der Waals surface area (Å²) >= 11 is 0. The predicted molar refractivity (Wildman–Crippen MR) is 131 cm³/mol. The minimum Gasteiger partial charge on any atom is -0.273 e. The normalized spacial score (nSPS) is 21.5. The van der Waals surface area contributed by atoms with Crippen LogP contribution in [-0.2, 0) is 14.4 Å². The maximum atomic E-state index is 15.0. The van der Waals surface area contributed by atoms with Crippen LogP contribution in [0.4, 0.5) is 15.8 Å². The molecule has 2 fully saturated rings. The molecule has 6 rings (SSSR count). The second-order valence-corrected chi connectivity index (χ2v) is 8.61. The Bertz CT molecular complexity index is 1410. The third-order valence-electron chi connectivity index (χ3n) is 6.56. The number of para-hydroxylation sites is 1. The van der Waals surface area contributed by atoms with E-state index in [0.29, 0.717) is 16.9 Å². The Morgan fingerprint density at radius 3 is 2.03 bits per heavy atom. The number of amides is 2. The zero-order chi connectivity index (χ0) is 23.9. The number of benzene rings is 4. The highest BCUT2D eigenvalue weighted by Crippen LogP contribution is 2.48. The number of hydrogen-bond acceptors (Lipinski definition) is 4. The van der Waals surface area contributed by atoms with Crippen molar-refractivity contribution >= 4 is 23.2 Å². The molecule has 0 bridgehead atoms. The third-order valence-corrected chi connectivity index (χ3v) is 6.56. The molecule has 0 radical (unpaired) electrons. The summed E-state index contributed by atoms with van der Waals surface area (Å²) < 4.78 is 15.0. The topological polar surface area (TPSA) is 49.9 Å². The molecule has 35 heavy (non-hydrogen) atoms. The van der Waals surface area contributed by atoms with E-state index in [4.69, 9.17) is 4.84 Å². The van der Waals surface area contributed by atoms with Crippen LogP contribution >= 0.6 is 0 Å². The van der Waals surface area contributed by atoms with Crippen LogP contribution in [-0.4, -0.2) is 17.9 Å². The first-order chi connectivity index (χ1) is 17.1. The highest BCUT2D eigenvalue weighted by molar-refractivity contribution is 6.24. The fourth-order valence-electron chi connectivity index (χ4n) is 4.95. The van der Waals surface area contributed by atoms with E-state index in [2.05, 4.69) is 0 Å². The first kappa shape index (κ1) is 21.3. The van der Waals surface area contributed by atoms with Crippen molar-refractivity contribution in [3.63, 3.8) is 0 Å². The zero-order valence-electron chi connectivity index (χ0n) is 18.6. The van der Waals surface area contributed by atoms with Gasteiger partial charge in [-0.25, -0.2) is 14.4 Å². The van der Waals surface area contributed by atoms with E-state index in [1.165, 1.54) is 16.0 Å². The molecule has 0 unspecified atom stereocenters. The van der Waals surface area contributed by atoms with Gasteiger partial charge in [0.15, 0.2) is 6.10 Å². The summed E-state index contributed by atoms with van der Waals surface area (Å²) in [5.74, 6) is -2.20. The Morgan fingerprint density at radius 1 is 0.657 bits per heavy atom. The number of imide groups is 1. The van der Waals surface area contributed by atoms with Gasteiger partial charge in [-0.05, 0) is 41.5 Å². The lowest BCUT2D eigenvalue weighted by Gasteiger charge is -2.29. The number of hydroxylamine groups is 1. The zero-order valence-corrected chi connectivity index (χ0v) is 18.6. The van der Waals surface area contributed by atoms with E-state index in [1.807, 2.05) is 78.9 Å². The summed E-state index contributed by atoms with van der Waals surface area (Å²) in [6.07, 6.45) is -1.05. The Labute approximate surface area is 201 Å². The molecule has 2 heterocycles. The molecule has 3 atom stereocenters. The highest BCUT2D eigenvalue weighted by atomic mass is 19.1. The van der Waals surface area contributed by atoms with Gasteiger partial charge in [0.2, 0.25) is 5.91 Å². The molecule has 2 saturated heterocycles. The number of rotatable bonds is 4. The van der Waals surface area contributed by atoms with Crippen LogP contribution in [0.3, 0.4) is 0 Å². The summed E-state index contributed by atoms with van der Waals surface area (Å²) in [4.78, 5) is 34.6. The van der Waals surface area contributed by atoms with Crippen LogP contribution in [0.25, 0.3) is 11.1 Å². The third kappa shape index (κ3) is 3.50. The first-order valence-electron chi connectivity index (χ1n) is 11.4. The van der Waals surface area contributed by atoms with E-state index in [1.54, 1.807) is 24.3 Å². The average molecular weight is 464 g/mol. The second-order valence-electron chi connectivity index (χ2n) is 8.61. The van der Waals surface area contributed by atoms with Gasteiger partial charge < -0.3 is 0 Å². The number of carbonyl (C=O) groups excluding carboxylic acids is 2. The molecule has 0 saturated carbocycles. The van der Waals surface area contributed by atoms with Crippen molar-refractivity contribution in [2.45, 2.75) is 12.1 Å². The van der Waals surface area contributed by atoms with Crippen molar-refractivity contribution in [3.8, 4) is 11.1 Å². The molecule has 2 amide bonds. The van der Waals surface area contributed by atoms with Crippen LogP contribution in [0.5, 0.6) is 0 Å². The Hall–Kier alpha value is -4.29. The Morgan fingerprint density at radius 2 is 1.29 bits per heavy atom. The van der Waals surface area contributed by atoms with Crippen LogP contribution in [0.15, 0.2) is 109 Å². The lowest BCUT2D eigenvalue weighted by atomic mass is 9.90. The molecule has 0 aliphatic carbocycles. The molecule has 0 aromatic heterocycles. The number of fused-ring (bicyclic) bond motifs is 1. The van der Waals surface area contributed by atoms with Crippen molar-refractivity contribution in [2.75, 3.05) is 9.96 Å². The fraction of sp³-hybridized carbons (Fsp3) is 0.103. The van der Waals surface area contributed by atoms with Gasteiger partial charge in [-0.3, -0.25) is 14.4 Å². The molecule has 172 valence electrons. The summed E-state index contributed by atoms with van der Waals surface area (Å²) in [6, 6.07) is 31.7. The number of nitrogens with zero attached hydrogens (tertiary/aromatic N) is 2. The van der Waals surface area contributed by atoms with E-state index < -0.39 is 35.7 Å². The SMILES string of the molecule is O=C1[C@@H]2[C@H](ON(c3ccccc3)[C@@H]2c2ccccc2F)C(=O)N1c1cccc(-c2ccccc2)c1. The van der Waals surface area contributed by atoms with Gasteiger partial charge in [0, 0.05) is 5.56 Å². The van der Waals surface area contributed by atoms with Gasteiger partial charge in [0.1, 0.15) is 11.7 Å². The summed E-state index contributed by atoms with van der Waals surface area (Å²) in [7, 11) is 0. The number of halogens is 1. The second kappa shape index (κ2) is 8.49. The fourth-order valence-corrected chi connectivity index (χ4v) is 4.95. The lowest BCUT2D eigenvalue weighted by Crippen LogP contribution is -2.37. The van der Waals surface area contributed by atoms with E-state index in [-0.39, 0.29) is 0 Å². The molecule has 4 aromatic rings. The van der Waals surface area contributed by atoms with Crippen LogP contribution in [0, 0.1) is 11.7 Å². The van der Waals surface area contributed by atoms with Crippen LogP contribution in [0.2, 0.25) is 0 Å². The molecule has 6 heteroatoms. The van der Waals surface area contributed by atoms with Gasteiger partial charge in [-0.2, -0.15) is 0 Å². The van der Waals surface area contributed by atoms with Crippen molar-refractivity contribution in [2.24, 2.45) is 5.92 Å². The molecule has 4 aromatic carbocycles. The predicted octanol–water partition coefficient (Wildman–Crippen LogP) is 5.54. The van der Waals surface area contributed by atoms with Gasteiger partial charge >= 0.3 is 0 Å². The number of hydrogen-bond donors (Lipinski definition) is 0. The van der Waals surface area contributed by atoms with Crippen LogP contribution in [0.1, 0.15) is 11.6 Å². The molecule has 2 aliphatic rings. The Kier molecular flexibility index (Phi) is 5.16. The van der Waals surface area contributed by atoms with Crippen molar-refractivity contribution in [1.82, 2.24) is 0 Å². The van der Waals surface area contributed by atoms with E-state index >= 15 is 0 Å². The van der Waals surface area contributed by atoms with Crippen LogP contribution < -0.4 is 9.96 Å². The van der Waals surface area contributed by atoms with Crippen molar-refractivity contribution < 1.29 is 18.8 Å². The smallest absolute Gasteiger partial charge is 0.266 e. The van der Waals surface area contributed by atoms with Crippen molar-refractivity contribution in [3.05, 3.63) is 121 Å². The van der Waals surface area contributed by atoms with E-state index in [9.17, 15) is 14.0 Å². The largest absolute Gasteiger partial charge is 0.273 e. The first-order valence-corrected chi connectivity index (χ1v) is 11.4. The standard InChI is InChI=1S/C29H21FN2O3/c30-24-17-8-7-16-23(24)26-25-27(35-32(26)21-13-5-2-6-14-21)29(34)31(28(25)33)22-15-9-12-20(18-22)19-10-3-1-4-11-19/h1-18,25-27H/t25-,26+,27-/m0/s1. The van der Waals surface area contributed by atoms with Crippen molar-refractivity contribution in [1.29, 1.82) is 0 Å². The highest BCUT2D eigenvalue weighted by Gasteiger charge is 2.60. The minimum absolute atomic E-state index is 0.310. The monoisotopic (exact) mass is 464 g/mol.